The number of aliphatic carboxylic acids is 1. The lowest BCUT2D eigenvalue weighted by molar-refractivity contribution is -0.141. The van der Waals surface area contributed by atoms with Crippen molar-refractivity contribution in [3.05, 3.63) is 18.2 Å². The number of carboxylic acids is 1. The molecule has 2 N–H and O–H groups in total. The van der Waals surface area contributed by atoms with Gasteiger partial charge in [0.1, 0.15) is 5.69 Å². The first kappa shape index (κ1) is 9.70. The van der Waals surface area contributed by atoms with Gasteiger partial charge in [-0.1, -0.05) is 0 Å². The van der Waals surface area contributed by atoms with Crippen LogP contribution in [0.25, 0.3) is 0 Å². The number of carbonyl (C=O) groups excluding carboxylic acids is 1. The molecule has 80 valence electrons. The van der Waals surface area contributed by atoms with E-state index in [2.05, 4.69) is 9.97 Å². The average Bonchev–Trinajstić information content (AvgIpc) is 2.88. The molecule has 1 amide bonds. The molecule has 0 aromatic carbocycles. The molecule has 0 radical (unpaired) electrons. The van der Waals surface area contributed by atoms with Crippen molar-refractivity contribution in [2.75, 3.05) is 13.1 Å². The van der Waals surface area contributed by atoms with E-state index in [0.29, 0.717) is 18.7 Å². The van der Waals surface area contributed by atoms with Gasteiger partial charge in [-0.05, 0) is 6.42 Å². The summed E-state index contributed by atoms with van der Waals surface area (Å²) in [5.74, 6) is -1.46. The molecular weight excluding hydrogens is 198 g/mol. The Hall–Kier alpha value is -1.85. The Bertz CT molecular complexity index is 374. The Balaban J connectivity index is 2.02. The lowest BCUT2D eigenvalue weighted by Gasteiger charge is -2.13. The Labute approximate surface area is 85.9 Å². The van der Waals surface area contributed by atoms with Crippen LogP contribution < -0.4 is 0 Å². The van der Waals surface area contributed by atoms with Crippen LogP contribution in [0.2, 0.25) is 0 Å². The third-order valence-electron chi connectivity index (χ3n) is 2.55. The highest BCUT2D eigenvalue weighted by Gasteiger charge is 2.31. The SMILES string of the molecule is O=C(O)[C@H]1CCN(C(=O)c2cnc[nH]2)C1. The van der Waals surface area contributed by atoms with E-state index in [-0.39, 0.29) is 12.5 Å². The van der Waals surface area contributed by atoms with Gasteiger partial charge in [0.2, 0.25) is 0 Å². The first-order valence-electron chi connectivity index (χ1n) is 4.69. The van der Waals surface area contributed by atoms with E-state index in [1.54, 1.807) is 0 Å². The number of hydrogen-bond donors (Lipinski definition) is 2. The summed E-state index contributed by atoms with van der Waals surface area (Å²) in [6.45, 7) is 0.780. The zero-order valence-electron chi connectivity index (χ0n) is 8.01. The van der Waals surface area contributed by atoms with E-state index in [1.807, 2.05) is 0 Å². The number of nitrogens with one attached hydrogen (secondary N) is 1. The molecule has 1 saturated heterocycles. The molecule has 6 nitrogen and oxygen atoms in total. The van der Waals surface area contributed by atoms with E-state index in [0.717, 1.165) is 0 Å². The Morgan fingerprint density at radius 3 is 2.93 bits per heavy atom. The standard InChI is InChI=1S/C9H11N3O3/c13-8(7-3-10-5-11-7)12-2-1-6(4-12)9(14)15/h3,5-6H,1-2,4H2,(H,10,11)(H,14,15)/t6-/m0/s1. The summed E-state index contributed by atoms with van der Waals surface area (Å²) in [5.41, 5.74) is 0.404. The molecule has 2 rings (SSSR count). The molecule has 0 aliphatic carbocycles. The predicted molar refractivity (Wildman–Crippen MR) is 50.2 cm³/mol. The van der Waals surface area contributed by atoms with Crippen molar-refractivity contribution in [1.29, 1.82) is 0 Å². The van der Waals surface area contributed by atoms with E-state index >= 15 is 0 Å². The molecule has 1 atom stereocenters. The van der Waals surface area contributed by atoms with Crippen LogP contribution in [0.3, 0.4) is 0 Å². The van der Waals surface area contributed by atoms with Crippen LogP contribution in [0, 0.1) is 5.92 Å². The largest absolute Gasteiger partial charge is 0.481 e. The molecule has 1 aromatic rings. The smallest absolute Gasteiger partial charge is 0.308 e. The minimum absolute atomic E-state index is 0.184. The average molecular weight is 209 g/mol. The first-order chi connectivity index (χ1) is 7.18. The third kappa shape index (κ3) is 1.83. The Morgan fingerprint density at radius 1 is 1.60 bits per heavy atom. The lowest BCUT2D eigenvalue weighted by Crippen LogP contribution is -2.30. The van der Waals surface area contributed by atoms with Gasteiger partial charge in [0.25, 0.3) is 5.91 Å². The number of carbonyl (C=O) groups is 2. The quantitative estimate of drug-likeness (QED) is 0.715. The fraction of sp³-hybridized carbons (Fsp3) is 0.444. The molecule has 1 aliphatic heterocycles. The second-order valence-corrected chi connectivity index (χ2v) is 3.54. The number of rotatable bonds is 2. The number of aromatic amines is 1. The van der Waals surface area contributed by atoms with Crippen LogP contribution in [0.1, 0.15) is 16.9 Å². The second-order valence-electron chi connectivity index (χ2n) is 3.54. The van der Waals surface area contributed by atoms with Gasteiger partial charge in [-0.2, -0.15) is 0 Å². The van der Waals surface area contributed by atoms with E-state index in [4.69, 9.17) is 5.11 Å². The van der Waals surface area contributed by atoms with Crippen LogP contribution in [0.4, 0.5) is 0 Å². The second kappa shape index (κ2) is 3.72. The maximum Gasteiger partial charge on any atom is 0.308 e. The van der Waals surface area contributed by atoms with Crippen LogP contribution in [-0.4, -0.2) is 44.9 Å². The summed E-state index contributed by atoms with van der Waals surface area (Å²) in [6.07, 6.45) is 3.39. The summed E-state index contributed by atoms with van der Waals surface area (Å²) < 4.78 is 0. The number of hydrogen-bond acceptors (Lipinski definition) is 3. The summed E-state index contributed by atoms with van der Waals surface area (Å²) in [5, 5.41) is 8.79. The highest BCUT2D eigenvalue weighted by atomic mass is 16.4. The van der Waals surface area contributed by atoms with Crippen molar-refractivity contribution >= 4 is 11.9 Å². The zero-order chi connectivity index (χ0) is 10.8. The van der Waals surface area contributed by atoms with E-state index in [1.165, 1.54) is 17.4 Å². The number of carboxylic acid groups (broad SMARTS) is 1. The fourth-order valence-corrected chi connectivity index (χ4v) is 1.69. The minimum Gasteiger partial charge on any atom is -0.481 e. The number of aromatic nitrogens is 2. The number of likely N-dealkylation sites (tertiary alicyclic amines) is 1. The van der Waals surface area contributed by atoms with Crippen molar-refractivity contribution < 1.29 is 14.7 Å². The van der Waals surface area contributed by atoms with Gasteiger partial charge in [0.05, 0.1) is 18.4 Å². The maximum absolute atomic E-state index is 11.7. The van der Waals surface area contributed by atoms with Crippen LogP contribution >= 0.6 is 0 Å². The lowest BCUT2D eigenvalue weighted by atomic mass is 10.1. The van der Waals surface area contributed by atoms with Crippen molar-refractivity contribution in [2.24, 2.45) is 5.92 Å². The highest BCUT2D eigenvalue weighted by Crippen LogP contribution is 2.17. The number of imidazole rings is 1. The van der Waals surface area contributed by atoms with Gasteiger partial charge in [0, 0.05) is 13.1 Å². The van der Waals surface area contributed by atoms with Gasteiger partial charge in [0.15, 0.2) is 0 Å². The molecule has 1 fully saturated rings. The summed E-state index contributed by atoms with van der Waals surface area (Å²) >= 11 is 0. The molecule has 1 aliphatic rings. The maximum atomic E-state index is 11.7. The third-order valence-corrected chi connectivity index (χ3v) is 2.55. The molecule has 15 heavy (non-hydrogen) atoms. The summed E-state index contributed by atoms with van der Waals surface area (Å²) in [7, 11) is 0. The molecule has 0 spiro atoms. The molecule has 6 heteroatoms. The predicted octanol–water partition coefficient (Wildman–Crippen LogP) is -0.0436. The normalized spacial score (nSPS) is 20.5. The number of amides is 1. The molecule has 0 saturated carbocycles. The zero-order valence-corrected chi connectivity index (χ0v) is 8.01. The van der Waals surface area contributed by atoms with Gasteiger partial charge in [-0.15, -0.1) is 0 Å². The van der Waals surface area contributed by atoms with Crippen molar-refractivity contribution in [2.45, 2.75) is 6.42 Å². The fourth-order valence-electron chi connectivity index (χ4n) is 1.69. The molecule has 0 bridgehead atoms. The summed E-state index contributed by atoms with van der Waals surface area (Å²) in [6, 6.07) is 0. The molecule has 2 heterocycles. The van der Waals surface area contributed by atoms with E-state index < -0.39 is 11.9 Å². The topological polar surface area (TPSA) is 86.3 Å². The minimum atomic E-state index is -0.838. The van der Waals surface area contributed by atoms with Crippen molar-refractivity contribution in [3.63, 3.8) is 0 Å². The summed E-state index contributed by atoms with van der Waals surface area (Å²) in [4.78, 5) is 30.4. The number of H-pyrrole nitrogens is 1. The van der Waals surface area contributed by atoms with Gasteiger partial charge >= 0.3 is 5.97 Å². The van der Waals surface area contributed by atoms with E-state index in [9.17, 15) is 9.59 Å². The Morgan fingerprint density at radius 2 is 2.40 bits per heavy atom. The van der Waals surface area contributed by atoms with Crippen molar-refractivity contribution in [3.8, 4) is 0 Å². The van der Waals surface area contributed by atoms with Crippen molar-refractivity contribution in [1.82, 2.24) is 14.9 Å². The highest BCUT2D eigenvalue weighted by molar-refractivity contribution is 5.92. The van der Waals surface area contributed by atoms with Gasteiger partial charge < -0.3 is 15.0 Å². The molecule has 0 unspecified atom stereocenters. The van der Waals surface area contributed by atoms with Crippen LogP contribution in [-0.2, 0) is 4.79 Å². The van der Waals surface area contributed by atoms with Crippen LogP contribution in [0.15, 0.2) is 12.5 Å². The van der Waals surface area contributed by atoms with Gasteiger partial charge in [-0.3, -0.25) is 9.59 Å². The number of nitrogens with zero attached hydrogens (tertiary/aromatic N) is 2. The van der Waals surface area contributed by atoms with Crippen LogP contribution in [0.5, 0.6) is 0 Å². The van der Waals surface area contributed by atoms with Gasteiger partial charge in [-0.25, -0.2) is 4.98 Å². The molecular formula is C9H11N3O3. The Kier molecular flexibility index (Phi) is 2.40. The molecule has 1 aromatic heterocycles. The monoisotopic (exact) mass is 209 g/mol. The first-order valence-corrected chi connectivity index (χ1v) is 4.69.